The monoisotopic (exact) mass is 512 g/mol. The molecule has 0 radical (unpaired) electrons. The number of methoxy groups -OCH3 is 1. The molecule has 33 heavy (non-hydrogen) atoms. The summed E-state index contributed by atoms with van der Waals surface area (Å²) in [7, 11) is -0.696. The number of benzene rings is 2. The number of halogens is 2. The number of likely N-dealkylation sites (N-methyl/N-ethyl adjacent to an activating group) is 1. The number of nitrogens with zero attached hydrogens (tertiary/aromatic N) is 2. The fourth-order valence-electron chi connectivity index (χ4n) is 2.93. The summed E-state index contributed by atoms with van der Waals surface area (Å²) in [5.74, 6) is 0.317. The van der Waals surface area contributed by atoms with Crippen molar-refractivity contribution in [1.29, 1.82) is 0 Å². The van der Waals surface area contributed by atoms with Crippen molar-refractivity contribution in [1.82, 2.24) is 9.29 Å². The quantitative estimate of drug-likeness (QED) is 0.477. The van der Waals surface area contributed by atoms with E-state index in [4.69, 9.17) is 10.5 Å². The van der Waals surface area contributed by atoms with Gasteiger partial charge in [0.25, 0.3) is 5.91 Å². The van der Waals surface area contributed by atoms with Gasteiger partial charge in [-0.05, 0) is 54.1 Å². The Labute approximate surface area is 206 Å². The van der Waals surface area contributed by atoms with E-state index in [1.54, 1.807) is 60.9 Å². The molecule has 0 aliphatic carbocycles. The Bertz CT molecular complexity index is 1130. The summed E-state index contributed by atoms with van der Waals surface area (Å²) in [4.78, 5) is 16.4. The van der Waals surface area contributed by atoms with Gasteiger partial charge in [0.2, 0.25) is 10.0 Å². The lowest BCUT2D eigenvalue weighted by Crippen LogP contribution is -2.34. The van der Waals surface area contributed by atoms with Crippen LogP contribution in [0.2, 0.25) is 0 Å². The Hall–Kier alpha value is -2.69. The molecule has 0 aliphatic heterocycles. The van der Waals surface area contributed by atoms with Crippen molar-refractivity contribution >= 4 is 46.4 Å². The van der Waals surface area contributed by atoms with E-state index < -0.39 is 16.1 Å². The summed E-state index contributed by atoms with van der Waals surface area (Å²) in [6.07, 6.45) is 3.18. The first-order chi connectivity index (χ1) is 14.8. The van der Waals surface area contributed by atoms with Crippen molar-refractivity contribution in [2.24, 2.45) is 5.73 Å². The van der Waals surface area contributed by atoms with Crippen molar-refractivity contribution in [3.63, 3.8) is 0 Å². The van der Waals surface area contributed by atoms with Gasteiger partial charge in [-0.3, -0.25) is 9.78 Å². The summed E-state index contributed by atoms with van der Waals surface area (Å²) in [5, 5.41) is 2.78. The van der Waals surface area contributed by atoms with Crippen molar-refractivity contribution in [2.45, 2.75) is 10.9 Å². The highest BCUT2D eigenvalue weighted by atomic mass is 35.5. The van der Waals surface area contributed by atoms with Gasteiger partial charge in [0, 0.05) is 43.3 Å². The molecule has 1 atom stereocenters. The molecular formula is C22H26Cl2N4O4S. The molecule has 1 unspecified atom stereocenters. The predicted molar refractivity (Wildman–Crippen MR) is 133 cm³/mol. The molecule has 0 spiro atoms. The Morgan fingerprint density at radius 1 is 1.03 bits per heavy atom. The van der Waals surface area contributed by atoms with Crippen molar-refractivity contribution in [3.05, 3.63) is 84.2 Å². The molecule has 0 bridgehead atoms. The van der Waals surface area contributed by atoms with E-state index in [0.29, 0.717) is 17.0 Å². The van der Waals surface area contributed by atoms with E-state index in [1.165, 1.54) is 30.6 Å². The molecule has 1 heterocycles. The number of hydrogen-bond donors (Lipinski definition) is 2. The third-order valence-electron chi connectivity index (χ3n) is 4.76. The minimum atomic E-state index is -3.69. The minimum Gasteiger partial charge on any atom is -0.497 e. The molecule has 0 aliphatic rings. The van der Waals surface area contributed by atoms with Crippen molar-refractivity contribution < 1.29 is 17.9 Å². The molecule has 0 saturated carbocycles. The number of anilines is 1. The van der Waals surface area contributed by atoms with Gasteiger partial charge in [0.15, 0.2) is 0 Å². The average Bonchev–Trinajstić information content (AvgIpc) is 2.79. The molecule has 11 heteroatoms. The Kier molecular flexibility index (Phi) is 10.8. The van der Waals surface area contributed by atoms with E-state index in [2.05, 4.69) is 10.3 Å². The maximum Gasteiger partial charge on any atom is 0.255 e. The van der Waals surface area contributed by atoms with Crippen LogP contribution in [0.3, 0.4) is 0 Å². The molecule has 3 aromatic rings. The van der Waals surface area contributed by atoms with Crippen LogP contribution < -0.4 is 15.8 Å². The van der Waals surface area contributed by atoms with Gasteiger partial charge >= 0.3 is 0 Å². The van der Waals surface area contributed by atoms with Gasteiger partial charge in [0.05, 0.1) is 12.0 Å². The third kappa shape index (κ3) is 7.15. The summed E-state index contributed by atoms with van der Waals surface area (Å²) < 4.78 is 31.9. The Morgan fingerprint density at radius 3 is 2.15 bits per heavy atom. The number of nitrogens with one attached hydrogen (secondary N) is 1. The fourth-order valence-corrected chi connectivity index (χ4v) is 4.13. The first-order valence-electron chi connectivity index (χ1n) is 9.48. The number of carbonyl (C=O) groups excluding carboxylic acids is 1. The van der Waals surface area contributed by atoms with Crippen LogP contribution >= 0.6 is 24.8 Å². The predicted octanol–water partition coefficient (Wildman–Crippen LogP) is 3.51. The molecule has 1 amide bonds. The molecule has 0 saturated heterocycles. The Balaban J connectivity index is 0.00000272. The van der Waals surface area contributed by atoms with Gasteiger partial charge in [0.1, 0.15) is 5.75 Å². The van der Waals surface area contributed by atoms with Gasteiger partial charge in [-0.25, -0.2) is 8.42 Å². The van der Waals surface area contributed by atoms with Crippen LogP contribution in [0.1, 0.15) is 22.0 Å². The molecule has 8 nitrogen and oxygen atoms in total. The van der Waals surface area contributed by atoms with Crippen LogP contribution in [-0.4, -0.2) is 44.3 Å². The molecule has 2 aromatic carbocycles. The maximum absolute atomic E-state index is 12.8. The average molecular weight is 513 g/mol. The molecule has 3 rings (SSSR count). The van der Waals surface area contributed by atoms with Gasteiger partial charge < -0.3 is 15.8 Å². The second kappa shape index (κ2) is 12.5. The SMILES string of the molecule is COc1ccc(S(=O)(=O)N(C)CC(N)c2ccc(C(=O)Nc3ccncc3)cc2)cc1.Cl.Cl. The summed E-state index contributed by atoms with van der Waals surface area (Å²) in [6, 6.07) is 15.8. The second-order valence-corrected chi connectivity index (χ2v) is 8.92. The second-order valence-electron chi connectivity index (χ2n) is 6.88. The van der Waals surface area contributed by atoms with Crippen LogP contribution in [0.4, 0.5) is 5.69 Å². The number of ether oxygens (including phenoxy) is 1. The smallest absolute Gasteiger partial charge is 0.255 e. The molecule has 3 N–H and O–H groups in total. The molecule has 178 valence electrons. The number of pyridine rings is 1. The van der Waals surface area contributed by atoms with E-state index in [0.717, 1.165) is 5.56 Å². The normalized spacial score (nSPS) is 11.6. The zero-order chi connectivity index (χ0) is 22.4. The van der Waals surface area contributed by atoms with Crippen LogP contribution in [0.25, 0.3) is 0 Å². The van der Waals surface area contributed by atoms with Gasteiger partial charge in [-0.2, -0.15) is 4.31 Å². The first kappa shape index (κ1) is 28.3. The maximum atomic E-state index is 12.8. The van der Waals surface area contributed by atoms with Crippen LogP contribution in [-0.2, 0) is 10.0 Å². The highest BCUT2D eigenvalue weighted by Crippen LogP contribution is 2.21. The number of carbonyl (C=O) groups is 1. The lowest BCUT2D eigenvalue weighted by molar-refractivity contribution is 0.102. The highest BCUT2D eigenvalue weighted by molar-refractivity contribution is 7.89. The summed E-state index contributed by atoms with van der Waals surface area (Å²) in [5.41, 5.74) is 8.06. The standard InChI is InChI=1S/C22H24N4O4S.2ClH/c1-26(31(28,29)20-9-7-19(30-2)8-10-20)15-21(23)16-3-5-17(6-4-16)22(27)25-18-11-13-24-14-12-18;;/h3-14,21H,15,23H2,1-2H3,(H,24,25,27);2*1H. The summed E-state index contributed by atoms with van der Waals surface area (Å²) >= 11 is 0. The van der Waals surface area contributed by atoms with E-state index in [9.17, 15) is 13.2 Å². The zero-order valence-electron chi connectivity index (χ0n) is 18.0. The van der Waals surface area contributed by atoms with Crippen molar-refractivity contribution in [3.8, 4) is 5.75 Å². The third-order valence-corrected chi connectivity index (χ3v) is 6.60. The van der Waals surface area contributed by atoms with Crippen molar-refractivity contribution in [2.75, 3.05) is 26.0 Å². The largest absolute Gasteiger partial charge is 0.497 e. The van der Waals surface area contributed by atoms with Gasteiger partial charge in [-0.1, -0.05) is 12.1 Å². The molecule has 0 fully saturated rings. The topological polar surface area (TPSA) is 115 Å². The van der Waals surface area contributed by atoms with Crippen LogP contribution in [0, 0.1) is 0 Å². The summed E-state index contributed by atoms with van der Waals surface area (Å²) in [6.45, 7) is 0.0803. The lowest BCUT2D eigenvalue weighted by atomic mass is 10.1. The van der Waals surface area contributed by atoms with E-state index in [1.807, 2.05) is 0 Å². The number of aromatic nitrogens is 1. The van der Waals surface area contributed by atoms with E-state index >= 15 is 0 Å². The lowest BCUT2D eigenvalue weighted by Gasteiger charge is -2.22. The number of rotatable bonds is 8. The number of amides is 1. The Morgan fingerprint density at radius 2 is 1.61 bits per heavy atom. The number of nitrogens with two attached hydrogens (primary N) is 1. The minimum absolute atomic E-state index is 0. The molecule has 1 aromatic heterocycles. The number of sulfonamides is 1. The highest BCUT2D eigenvalue weighted by Gasteiger charge is 2.23. The van der Waals surface area contributed by atoms with Gasteiger partial charge in [-0.15, -0.1) is 24.8 Å². The fraction of sp³-hybridized carbons (Fsp3) is 0.182. The first-order valence-corrected chi connectivity index (χ1v) is 10.9. The van der Waals surface area contributed by atoms with Crippen LogP contribution in [0.5, 0.6) is 5.75 Å². The van der Waals surface area contributed by atoms with Crippen LogP contribution in [0.15, 0.2) is 78.0 Å². The molecular weight excluding hydrogens is 487 g/mol. The number of hydrogen-bond acceptors (Lipinski definition) is 6. The zero-order valence-corrected chi connectivity index (χ0v) is 20.5. The van der Waals surface area contributed by atoms with E-state index in [-0.39, 0.29) is 42.2 Å².